The van der Waals surface area contributed by atoms with Gasteiger partial charge in [-0.3, -0.25) is 4.79 Å². The molecule has 0 saturated carbocycles. The Morgan fingerprint density at radius 2 is 2.19 bits per heavy atom. The molecule has 1 aromatic carbocycles. The first-order valence-electron chi connectivity index (χ1n) is 9.49. The highest BCUT2D eigenvalue weighted by Gasteiger charge is 2.21. The van der Waals surface area contributed by atoms with Gasteiger partial charge in [0.25, 0.3) is 0 Å². The molecule has 1 aromatic heterocycles. The van der Waals surface area contributed by atoms with Crippen LogP contribution in [0.25, 0.3) is 0 Å². The van der Waals surface area contributed by atoms with Crippen molar-refractivity contribution in [3.8, 4) is 0 Å². The molecule has 6 nitrogen and oxygen atoms in total. The van der Waals surface area contributed by atoms with Crippen LogP contribution < -0.4 is 15.5 Å². The second-order valence-electron chi connectivity index (χ2n) is 6.51. The fourth-order valence-electron chi connectivity index (χ4n) is 3.17. The maximum atomic E-state index is 12.7. The molecule has 1 amide bonds. The smallest absolute Gasteiger partial charge is 0.248 e. The molecule has 0 spiro atoms. The van der Waals surface area contributed by atoms with Gasteiger partial charge in [-0.25, -0.2) is 9.98 Å². The number of benzene rings is 1. The van der Waals surface area contributed by atoms with E-state index in [9.17, 15) is 4.79 Å². The molecule has 1 aliphatic rings. The summed E-state index contributed by atoms with van der Waals surface area (Å²) in [5, 5.41) is 7.60. The van der Waals surface area contributed by atoms with Crippen LogP contribution in [-0.2, 0) is 17.6 Å². The van der Waals surface area contributed by atoms with Gasteiger partial charge in [0.1, 0.15) is 6.54 Å². The van der Waals surface area contributed by atoms with E-state index in [-0.39, 0.29) is 12.5 Å². The number of rotatable bonds is 6. The molecule has 0 unspecified atom stereocenters. The van der Waals surface area contributed by atoms with Crippen molar-refractivity contribution in [2.24, 2.45) is 4.99 Å². The van der Waals surface area contributed by atoms with Crippen molar-refractivity contribution < 1.29 is 4.79 Å². The van der Waals surface area contributed by atoms with Gasteiger partial charge in [-0.2, -0.15) is 0 Å². The van der Waals surface area contributed by atoms with Crippen LogP contribution in [0.1, 0.15) is 28.8 Å². The zero-order valence-corrected chi connectivity index (χ0v) is 16.8. The number of fused-ring (bicyclic) bond motifs is 1. The average Bonchev–Trinajstić information content (AvgIpc) is 3.10. The van der Waals surface area contributed by atoms with Gasteiger partial charge in [-0.1, -0.05) is 18.2 Å². The van der Waals surface area contributed by atoms with Crippen LogP contribution in [0.4, 0.5) is 5.69 Å². The molecule has 1 aliphatic heterocycles. The highest BCUT2D eigenvalue weighted by atomic mass is 32.1. The summed E-state index contributed by atoms with van der Waals surface area (Å²) in [6, 6.07) is 8.14. The van der Waals surface area contributed by atoms with E-state index >= 15 is 0 Å². The van der Waals surface area contributed by atoms with Gasteiger partial charge >= 0.3 is 0 Å². The van der Waals surface area contributed by atoms with Gasteiger partial charge in [0, 0.05) is 42.8 Å². The van der Waals surface area contributed by atoms with Crippen molar-refractivity contribution in [2.45, 2.75) is 33.1 Å². The largest absolute Gasteiger partial charge is 0.357 e. The van der Waals surface area contributed by atoms with Gasteiger partial charge in [0.15, 0.2) is 5.96 Å². The molecule has 144 valence electrons. The Labute approximate surface area is 164 Å². The number of aromatic nitrogens is 1. The maximum absolute atomic E-state index is 12.7. The van der Waals surface area contributed by atoms with Crippen LogP contribution >= 0.6 is 11.3 Å². The summed E-state index contributed by atoms with van der Waals surface area (Å²) < 4.78 is 0. The highest BCUT2D eigenvalue weighted by molar-refractivity contribution is 7.11. The lowest BCUT2D eigenvalue weighted by Crippen LogP contribution is -2.41. The third-order valence-electron chi connectivity index (χ3n) is 4.43. The molecule has 27 heavy (non-hydrogen) atoms. The number of aliphatic imine (C=N–C) groups is 1. The predicted octanol–water partition coefficient (Wildman–Crippen LogP) is 2.53. The number of amides is 1. The Morgan fingerprint density at radius 1 is 1.33 bits per heavy atom. The predicted molar refractivity (Wildman–Crippen MR) is 112 cm³/mol. The number of nitrogens with one attached hydrogen (secondary N) is 2. The fourth-order valence-corrected chi connectivity index (χ4v) is 3.96. The number of anilines is 1. The van der Waals surface area contributed by atoms with E-state index in [0.717, 1.165) is 49.6 Å². The molecule has 0 aliphatic carbocycles. The van der Waals surface area contributed by atoms with E-state index < -0.39 is 0 Å². The van der Waals surface area contributed by atoms with E-state index in [4.69, 9.17) is 0 Å². The molecule has 3 rings (SSSR count). The monoisotopic (exact) mass is 385 g/mol. The summed E-state index contributed by atoms with van der Waals surface area (Å²) >= 11 is 1.71. The Hall–Kier alpha value is -2.41. The molecule has 0 saturated heterocycles. The topological polar surface area (TPSA) is 69.6 Å². The lowest BCUT2D eigenvalue weighted by atomic mass is 10.0. The molecule has 7 heteroatoms. The van der Waals surface area contributed by atoms with E-state index in [2.05, 4.69) is 33.6 Å². The van der Waals surface area contributed by atoms with Crippen LogP contribution in [-0.4, -0.2) is 43.0 Å². The molecule has 2 heterocycles. The molecule has 0 radical (unpaired) electrons. The summed E-state index contributed by atoms with van der Waals surface area (Å²) in [5.41, 5.74) is 2.27. The third kappa shape index (κ3) is 5.29. The van der Waals surface area contributed by atoms with Gasteiger partial charge in [-0.15, -0.1) is 11.3 Å². The second-order valence-corrected chi connectivity index (χ2v) is 7.83. The summed E-state index contributed by atoms with van der Waals surface area (Å²) in [6.45, 7) is 6.47. The van der Waals surface area contributed by atoms with Crippen molar-refractivity contribution in [3.05, 3.63) is 45.9 Å². The third-order valence-corrected chi connectivity index (χ3v) is 5.40. The van der Waals surface area contributed by atoms with E-state index in [1.807, 2.05) is 36.2 Å². The SMILES string of the molecule is CCNC(=NCC(=O)N1CCCc2ccccc21)NCCc1ncc(C)s1. The number of para-hydroxylation sites is 1. The Morgan fingerprint density at radius 3 is 2.96 bits per heavy atom. The van der Waals surface area contributed by atoms with Crippen LogP contribution in [0.15, 0.2) is 35.5 Å². The number of aryl methyl sites for hydroxylation is 2. The van der Waals surface area contributed by atoms with Gasteiger partial charge in [0.2, 0.25) is 5.91 Å². The molecule has 2 aromatic rings. The van der Waals surface area contributed by atoms with Crippen LogP contribution in [0.2, 0.25) is 0 Å². The number of guanidine groups is 1. The number of hydrogen-bond donors (Lipinski definition) is 2. The van der Waals surface area contributed by atoms with Crippen molar-refractivity contribution in [2.75, 3.05) is 31.1 Å². The van der Waals surface area contributed by atoms with Gasteiger partial charge in [0.05, 0.1) is 5.01 Å². The highest BCUT2D eigenvalue weighted by Crippen LogP contribution is 2.26. The van der Waals surface area contributed by atoms with E-state index in [0.29, 0.717) is 5.96 Å². The van der Waals surface area contributed by atoms with Gasteiger partial charge < -0.3 is 15.5 Å². The second kappa shape index (κ2) is 9.50. The fraction of sp³-hybridized carbons (Fsp3) is 0.450. The van der Waals surface area contributed by atoms with E-state index in [1.165, 1.54) is 10.4 Å². The van der Waals surface area contributed by atoms with Crippen LogP contribution in [0.5, 0.6) is 0 Å². The Bertz CT molecular complexity index is 801. The number of nitrogens with zero attached hydrogens (tertiary/aromatic N) is 3. The van der Waals surface area contributed by atoms with Crippen molar-refractivity contribution in [1.82, 2.24) is 15.6 Å². The maximum Gasteiger partial charge on any atom is 0.248 e. The summed E-state index contributed by atoms with van der Waals surface area (Å²) in [6.07, 6.45) is 4.77. The number of carbonyl (C=O) groups excluding carboxylic acids is 1. The first kappa shape index (κ1) is 19.4. The first-order valence-corrected chi connectivity index (χ1v) is 10.3. The van der Waals surface area contributed by atoms with E-state index in [1.54, 1.807) is 11.3 Å². The standard InChI is InChI=1S/C20H27N5OS/c1-3-21-20(22-11-10-18-23-13-15(2)27-18)24-14-19(26)25-12-6-8-16-7-4-5-9-17(16)25/h4-5,7,9,13H,3,6,8,10-12,14H2,1-2H3,(H2,21,22,24). The molecule has 2 N–H and O–H groups in total. The minimum absolute atomic E-state index is 0.0369. The average molecular weight is 386 g/mol. The molecular formula is C20H27N5OS. The quantitative estimate of drug-likeness (QED) is 0.592. The molecule has 0 fully saturated rings. The Kier molecular flexibility index (Phi) is 6.81. The summed E-state index contributed by atoms with van der Waals surface area (Å²) in [7, 11) is 0. The molecule has 0 atom stereocenters. The molecule has 0 bridgehead atoms. The van der Waals surface area contributed by atoms with Crippen LogP contribution in [0, 0.1) is 6.92 Å². The number of hydrogen-bond acceptors (Lipinski definition) is 4. The minimum atomic E-state index is 0.0369. The lowest BCUT2D eigenvalue weighted by molar-refractivity contribution is -0.117. The van der Waals surface area contributed by atoms with Crippen molar-refractivity contribution in [1.29, 1.82) is 0 Å². The van der Waals surface area contributed by atoms with Gasteiger partial charge in [-0.05, 0) is 38.3 Å². The zero-order valence-electron chi connectivity index (χ0n) is 16.0. The number of thiazole rings is 1. The lowest BCUT2D eigenvalue weighted by Gasteiger charge is -2.29. The Balaban J connectivity index is 1.57. The van der Waals surface area contributed by atoms with Crippen LogP contribution in [0.3, 0.4) is 0 Å². The normalized spacial score (nSPS) is 14.0. The first-order chi connectivity index (χ1) is 13.2. The zero-order chi connectivity index (χ0) is 19.1. The minimum Gasteiger partial charge on any atom is -0.357 e. The molecular weight excluding hydrogens is 358 g/mol. The number of carbonyl (C=O) groups is 1. The summed E-state index contributed by atoms with van der Waals surface area (Å²) in [4.78, 5) is 24.7. The van der Waals surface area contributed by atoms with Crippen molar-refractivity contribution >= 4 is 28.9 Å². The summed E-state index contributed by atoms with van der Waals surface area (Å²) in [5.74, 6) is 0.708. The van der Waals surface area contributed by atoms with Crippen molar-refractivity contribution in [3.63, 3.8) is 0 Å².